The molecule has 1 amide bonds. The van der Waals surface area contributed by atoms with Crippen LogP contribution in [0, 0.1) is 12.7 Å². The van der Waals surface area contributed by atoms with Gasteiger partial charge in [-0.3, -0.25) is 9.59 Å². The molecule has 6 heteroatoms. The number of nitrogens with one attached hydrogen (secondary N) is 1. The van der Waals surface area contributed by atoms with Crippen LogP contribution in [-0.2, 0) is 16.0 Å². The van der Waals surface area contributed by atoms with Crippen molar-refractivity contribution in [2.75, 3.05) is 6.54 Å². The number of para-hydroxylation sites is 1. The van der Waals surface area contributed by atoms with E-state index in [0.717, 1.165) is 22.2 Å². The summed E-state index contributed by atoms with van der Waals surface area (Å²) >= 11 is 0. The molecule has 1 aliphatic heterocycles. The van der Waals surface area contributed by atoms with Crippen LogP contribution in [0.3, 0.4) is 0 Å². The van der Waals surface area contributed by atoms with Gasteiger partial charge in [0.05, 0.1) is 11.6 Å². The van der Waals surface area contributed by atoms with Crippen LogP contribution >= 0.6 is 0 Å². The second-order valence-electron chi connectivity index (χ2n) is 7.30. The van der Waals surface area contributed by atoms with Crippen LogP contribution < -0.4 is 0 Å². The highest BCUT2D eigenvalue weighted by Crippen LogP contribution is 2.38. The van der Waals surface area contributed by atoms with Gasteiger partial charge in [0, 0.05) is 23.1 Å². The molecule has 0 saturated carbocycles. The number of fused-ring (bicyclic) bond motifs is 1. The van der Waals surface area contributed by atoms with Gasteiger partial charge in [0.15, 0.2) is 11.5 Å². The molecule has 4 rings (SSSR count). The first-order valence-electron chi connectivity index (χ1n) is 9.45. The molecular formula is C23H21FN2O3. The first-order valence-corrected chi connectivity index (χ1v) is 9.45. The van der Waals surface area contributed by atoms with Gasteiger partial charge in [-0.15, -0.1) is 0 Å². The summed E-state index contributed by atoms with van der Waals surface area (Å²) in [5.41, 5.74) is 3.56. The maximum absolute atomic E-state index is 13.8. The van der Waals surface area contributed by atoms with Crippen molar-refractivity contribution in [1.29, 1.82) is 0 Å². The van der Waals surface area contributed by atoms with E-state index < -0.39 is 29.3 Å². The van der Waals surface area contributed by atoms with Gasteiger partial charge in [0.2, 0.25) is 0 Å². The molecule has 1 atom stereocenters. The SMILES string of the molecule is CC(=O)C1=C(O)C(=O)N(CCc2c(C)[nH]c3ccccc23)[C@@H]1c1cccc(F)c1. The lowest BCUT2D eigenvalue weighted by molar-refractivity contribution is -0.129. The Morgan fingerprint density at radius 1 is 1.21 bits per heavy atom. The van der Waals surface area contributed by atoms with Crippen LogP contribution in [-0.4, -0.2) is 33.2 Å². The Hall–Kier alpha value is -3.41. The number of Topliss-reactive ketones (excluding diaryl/α,β-unsaturated/α-hetero) is 1. The Morgan fingerprint density at radius 2 is 1.97 bits per heavy atom. The van der Waals surface area contributed by atoms with E-state index in [4.69, 9.17) is 0 Å². The van der Waals surface area contributed by atoms with Gasteiger partial charge in [-0.1, -0.05) is 30.3 Å². The molecule has 148 valence electrons. The van der Waals surface area contributed by atoms with Gasteiger partial charge < -0.3 is 15.0 Å². The number of aliphatic hydroxyl groups is 1. The first-order chi connectivity index (χ1) is 13.9. The van der Waals surface area contributed by atoms with Gasteiger partial charge in [0.1, 0.15) is 5.82 Å². The minimum Gasteiger partial charge on any atom is -0.503 e. The maximum Gasteiger partial charge on any atom is 0.290 e. The molecule has 0 saturated heterocycles. The molecule has 3 aromatic rings. The summed E-state index contributed by atoms with van der Waals surface area (Å²) in [6, 6.07) is 12.9. The molecule has 2 aromatic carbocycles. The van der Waals surface area contributed by atoms with E-state index in [0.29, 0.717) is 12.0 Å². The molecule has 2 heterocycles. The molecule has 2 N–H and O–H groups in total. The highest BCUT2D eigenvalue weighted by atomic mass is 19.1. The molecule has 0 radical (unpaired) electrons. The zero-order chi connectivity index (χ0) is 20.7. The van der Waals surface area contributed by atoms with Crippen molar-refractivity contribution in [3.63, 3.8) is 0 Å². The summed E-state index contributed by atoms with van der Waals surface area (Å²) in [7, 11) is 0. The number of aliphatic hydroxyl groups excluding tert-OH is 1. The zero-order valence-electron chi connectivity index (χ0n) is 16.2. The molecule has 0 fully saturated rings. The number of carbonyl (C=O) groups excluding carboxylic acids is 2. The number of aromatic amines is 1. The number of amides is 1. The average Bonchev–Trinajstić information content (AvgIpc) is 3.14. The third kappa shape index (κ3) is 3.20. The predicted molar refractivity (Wildman–Crippen MR) is 108 cm³/mol. The minimum atomic E-state index is -0.804. The van der Waals surface area contributed by atoms with E-state index in [1.165, 1.54) is 30.0 Å². The van der Waals surface area contributed by atoms with E-state index in [1.807, 2.05) is 31.2 Å². The molecule has 5 nitrogen and oxygen atoms in total. The number of rotatable bonds is 5. The van der Waals surface area contributed by atoms with Crippen molar-refractivity contribution in [2.45, 2.75) is 26.3 Å². The smallest absolute Gasteiger partial charge is 0.290 e. The molecular weight excluding hydrogens is 371 g/mol. The summed E-state index contributed by atoms with van der Waals surface area (Å²) in [6.45, 7) is 3.56. The molecule has 1 aliphatic rings. The summed E-state index contributed by atoms with van der Waals surface area (Å²) < 4.78 is 13.8. The third-order valence-corrected chi connectivity index (χ3v) is 5.48. The zero-order valence-corrected chi connectivity index (χ0v) is 16.2. The van der Waals surface area contributed by atoms with Gasteiger partial charge >= 0.3 is 0 Å². The van der Waals surface area contributed by atoms with Crippen LogP contribution in [0.1, 0.15) is 29.8 Å². The molecule has 0 bridgehead atoms. The highest BCUT2D eigenvalue weighted by Gasteiger charge is 2.42. The first kappa shape index (κ1) is 18.9. The fourth-order valence-corrected chi connectivity index (χ4v) is 4.16. The molecule has 0 spiro atoms. The van der Waals surface area contributed by atoms with Crippen LogP contribution in [0.4, 0.5) is 4.39 Å². The standard InChI is InChI=1S/C23H21FN2O3/c1-13-17(18-8-3-4-9-19(18)25-13)10-11-26-21(15-6-5-7-16(24)12-15)20(14(2)27)22(28)23(26)29/h3-9,12,21,25,28H,10-11H2,1-2H3/t21-/m1/s1. The number of nitrogens with zero attached hydrogens (tertiary/aromatic N) is 1. The van der Waals surface area contributed by atoms with Crippen molar-refractivity contribution in [1.82, 2.24) is 9.88 Å². The van der Waals surface area contributed by atoms with Crippen molar-refractivity contribution >= 4 is 22.6 Å². The van der Waals surface area contributed by atoms with Crippen LogP contribution in [0.15, 0.2) is 59.9 Å². The van der Waals surface area contributed by atoms with E-state index in [1.54, 1.807) is 6.07 Å². The number of aryl methyl sites for hydroxylation is 1. The number of hydrogen-bond acceptors (Lipinski definition) is 3. The number of ketones is 1. The lowest BCUT2D eigenvalue weighted by Gasteiger charge is -2.26. The molecule has 29 heavy (non-hydrogen) atoms. The van der Waals surface area contributed by atoms with Crippen molar-refractivity contribution in [3.05, 3.63) is 82.5 Å². The number of halogens is 1. The second-order valence-corrected chi connectivity index (χ2v) is 7.30. The Kier molecular flexibility index (Phi) is 4.70. The largest absolute Gasteiger partial charge is 0.503 e. The van der Waals surface area contributed by atoms with Crippen LogP contribution in [0.25, 0.3) is 10.9 Å². The average molecular weight is 392 g/mol. The number of H-pyrrole nitrogens is 1. The third-order valence-electron chi connectivity index (χ3n) is 5.48. The summed E-state index contributed by atoms with van der Waals surface area (Å²) in [5.74, 6) is -2.03. The Balaban J connectivity index is 1.70. The van der Waals surface area contributed by atoms with E-state index >= 15 is 0 Å². The highest BCUT2D eigenvalue weighted by molar-refractivity contribution is 6.08. The maximum atomic E-state index is 13.8. The Labute approximate surface area is 167 Å². The summed E-state index contributed by atoms with van der Waals surface area (Å²) in [6.07, 6.45) is 0.534. The summed E-state index contributed by atoms with van der Waals surface area (Å²) in [4.78, 5) is 29.7. The van der Waals surface area contributed by atoms with E-state index in [9.17, 15) is 19.1 Å². The fraction of sp³-hybridized carbons (Fsp3) is 0.217. The van der Waals surface area contributed by atoms with Gasteiger partial charge in [-0.2, -0.15) is 0 Å². The number of hydrogen-bond donors (Lipinski definition) is 2. The lowest BCUT2D eigenvalue weighted by Crippen LogP contribution is -2.33. The normalized spacial score (nSPS) is 16.9. The molecule has 0 aliphatic carbocycles. The monoisotopic (exact) mass is 392 g/mol. The predicted octanol–water partition coefficient (Wildman–Crippen LogP) is 4.14. The van der Waals surface area contributed by atoms with Gasteiger partial charge in [-0.05, 0) is 49.6 Å². The second kappa shape index (κ2) is 7.20. The topological polar surface area (TPSA) is 73.4 Å². The Morgan fingerprint density at radius 3 is 2.69 bits per heavy atom. The molecule has 0 unspecified atom stereocenters. The quantitative estimate of drug-likeness (QED) is 0.685. The van der Waals surface area contributed by atoms with Crippen LogP contribution in [0.2, 0.25) is 0 Å². The van der Waals surface area contributed by atoms with Gasteiger partial charge in [-0.25, -0.2) is 4.39 Å². The summed E-state index contributed by atoms with van der Waals surface area (Å²) in [5, 5.41) is 11.4. The minimum absolute atomic E-state index is 0.0104. The van der Waals surface area contributed by atoms with E-state index in [-0.39, 0.29) is 12.1 Å². The number of carbonyl (C=O) groups is 2. The fourth-order valence-electron chi connectivity index (χ4n) is 4.16. The van der Waals surface area contributed by atoms with Crippen molar-refractivity contribution in [2.24, 2.45) is 0 Å². The number of benzene rings is 2. The number of aromatic nitrogens is 1. The van der Waals surface area contributed by atoms with Crippen LogP contribution in [0.5, 0.6) is 0 Å². The van der Waals surface area contributed by atoms with E-state index in [2.05, 4.69) is 4.98 Å². The van der Waals surface area contributed by atoms with Crippen molar-refractivity contribution < 1.29 is 19.1 Å². The van der Waals surface area contributed by atoms with Crippen molar-refractivity contribution in [3.8, 4) is 0 Å². The van der Waals surface area contributed by atoms with Gasteiger partial charge in [0.25, 0.3) is 5.91 Å². The Bertz CT molecular complexity index is 1160. The molecule has 1 aromatic heterocycles. The lowest BCUT2D eigenvalue weighted by atomic mass is 9.96.